The summed E-state index contributed by atoms with van der Waals surface area (Å²) < 4.78 is 0. The Balaban J connectivity index is 2.43. The Labute approximate surface area is 84.5 Å². The van der Waals surface area contributed by atoms with Gasteiger partial charge in [0.15, 0.2) is 0 Å². The molecule has 0 bridgehead atoms. The van der Waals surface area contributed by atoms with E-state index in [1.165, 1.54) is 11.1 Å². The molecule has 0 N–H and O–H groups in total. The Morgan fingerprint density at radius 2 is 2.21 bits per heavy atom. The summed E-state index contributed by atoms with van der Waals surface area (Å²) >= 11 is 0. The van der Waals surface area contributed by atoms with Crippen LogP contribution >= 0.6 is 0 Å². The van der Waals surface area contributed by atoms with Gasteiger partial charge in [-0.2, -0.15) is 0 Å². The summed E-state index contributed by atoms with van der Waals surface area (Å²) in [5.41, 5.74) is 3.57. The molecule has 0 aliphatic carbocycles. The van der Waals surface area contributed by atoms with Gasteiger partial charge in [-0.05, 0) is 37.0 Å². The molecule has 2 heteroatoms. The molecule has 0 fully saturated rings. The van der Waals surface area contributed by atoms with E-state index >= 15 is 0 Å². The van der Waals surface area contributed by atoms with E-state index in [2.05, 4.69) is 13.0 Å². The molecular formula is C12H14NO. The average Bonchev–Trinajstić information content (AvgIpc) is 2.23. The molecule has 1 heterocycles. The number of fused-ring (bicyclic) bond motifs is 1. The lowest BCUT2D eigenvalue weighted by atomic mass is 9.98. The molecule has 2 rings (SSSR count). The highest BCUT2D eigenvalue weighted by molar-refractivity contribution is 5.95. The van der Waals surface area contributed by atoms with Gasteiger partial charge in [0.2, 0.25) is 5.91 Å². The molecule has 1 aromatic carbocycles. The van der Waals surface area contributed by atoms with Gasteiger partial charge in [-0.15, -0.1) is 0 Å². The van der Waals surface area contributed by atoms with Crippen molar-refractivity contribution in [2.24, 2.45) is 0 Å². The summed E-state index contributed by atoms with van der Waals surface area (Å²) in [6.07, 6.45) is 2.31. The predicted octanol–water partition coefficient (Wildman–Crippen LogP) is 1.97. The highest BCUT2D eigenvalue weighted by Crippen LogP contribution is 2.27. The van der Waals surface area contributed by atoms with Gasteiger partial charge in [-0.25, -0.2) is 0 Å². The van der Waals surface area contributed by atoms with E-state index in [1.54, 1.807) is 4.90 Å². The number of amides is 1. The van der Waals surface area contributed by atoms with Gasteiger partial charge in [0.05, 0.1) is 0 Å². The van der Waals surface area contributed by atoms with Crippen LogP contribution in [0.4, 0.5) is 5.69 Å². The average molecular weight is 188 g/mol. The molecule has 14 heavy (non-hydrogen) atoms. The fourth-order valence-electron chi connectivity index (χ4n) is 1.87. The fraction of sp³-hybridized carbons (Fsp3) is 0.333. The first-order chi connectivity index (χ1) is 6.72. The van der Waals surface area contributed by atoms with Crippen LogP contribution in [0.5, 0.6) is 0 Å². The number of nitrogens with zero attached hydrogens (tertiary/aromatic N) is 1. The minimum absolute atomic E-state index is 0.208. The number of carbonyl (C=O) groups excluding carboxylic acids is 1. The van der Waals surface area contributed by atoms with Crippen LogP contribution < -0.4 is 4.90 Å². The summed E-state index contributed by atoms with van der Waals surface area (Å²) in [7, 11) is 1.84. The molecule has 2 nitrogen and oxygen atoms in total. The van der Waals surface area contributed by atoms with Crippen molar-refractivity contribution in [2.45, 2.75) is 19.3 Å². The minimum Gasteiger partial charge on any atom is -0.315 e. The third-order valence-corrected chi connectivity index (χ3v) is 2.78. The molecule has 73 valence electrons. The SMILES string of the molecule is [CH2]Cc1ccc2c(c1)CCC(=O)N2C. The second kappa shape index (κ2) is 3.45. The van der Waals surface area contributed by atoms with Crippen molar-refractivity contribution < 1.29 is 4.79 Å². The number of hydrogen-bond donors (Lipinski definition) is 0. The lowest BCUT2D eigenvalue weighted by Crippen LogP contribution is -2.31. The van der Waals surface area contributed by atoms with Gasteiger partial charge in [0.1, 0.15) is 0 Å². The zero-order valence-electron chi connectivity index (χ0n) is 8.42. The van der Waals surface area contributed by atoms with E-state index < -0.39 is 0 Å². The van der Waals surface area contributed by atoms with Crippen molar-refractivity contribution in [1.29, 1.82) is 0 Å². The van der Waals surface area contributed by atoms with Crippen LogP contribution in [0.15, 0.2) is 18.2 Å². The first-order valence-corrected chi connectivity index (χ1v) is 4.90. The fourth-order valence-corrected chi connectivity index (χ4v) is 1.87. The number of aryl methyl sites for hydroxylation is 1. The quantitative estimate of drug-likeness (QED) is 0.660. The van der Waals surface area contributed by atoms with Crippen molar-refractivity contribution in [3.05, 3.63) is 36.2 Å². The lowest BCUT2D eigenvalue weighted by Gasteiger charge is -2.26. The van der Waals surface area contributed by atoms with Crippen LogP contribution in [0, 0.1) is 6.92 Å². The summed E-state index contributed by atoms with van der Waals surface area (Å²) in [6.45, 7) is 3.86. The summed E-state index contributed by atoms with van der Waals surface area (Å²) in [5.74, 6) is 0.208. The van der Waals surface area contributed by atoms with Gasteiger partial charge < -0.3 is 4.90 Å². The van der Waals surface area contributed by atoms with Crippen LogP contribution in [-0.2, 0) is 17.6 Å². The molecule has 1 amide bonds. The summed E-state index contributed by atoms with van der Waals surface area (Å²) in [4.78, 5) is 13.2. The van der Waals surface area contributed by atoms with E-state index in [9.17, 15) is 4.79 Å². The highest BCUT2D eigenvalue weighted by Gasteiger charge is 2.20. The standard InChI is InChI=1S/C12H14NO/c1-3-9-4-6-11-10(8-9)5-7-12(14)13(11)2/h4,6,8H,1,3,5,7H2,2H3. The third kappa shape index (κ3) is 1.41. The van der Waals surface area contributed by atoms with Crippen molar-refractivity contribution >= 4 is 11.6 Å². The zero-order chi connectivity index (χ0) is 10.1. The molecule has 0 saturated carbocycles. The first kappa shape index (κ1) is 9.25. The van der Waals surface area contributed by atoms with Gasteiger partial charge in [0.25, 0.3) is 0 Å². The maximum absolute atomic E-state index is 11.4. The van der Waals surface area contributed by atoms with Crippen LogP contribution in [0.3, 0.4) is 0 Å². The molecule has 1 aliphatic heterocycles. The Morgan fingerprint density at radius 3 is 2.93 bits per heavy atom. The summed E-state index contributed by atoms with van der Waals surface area (Å²) in [5, 5.41) is 0. The number of hydrogen-bond acceptors (Lipinski definition) is 1. The van der Waals surface area contributed by atoms with Crippen LogP contribution in [0.2, 0.25) is 0 Å². The molecule has 0 saturated heterocycles. The normalized spacial score (nSPS) is 15.6. The van der Waals surface area contributed by atoms with E-state index in [0.29, 0.717) is 6.42 Å². The van der Waals surface area contributed by atoms with E-state index in [1.807, 2.05) is 19.2 Å². The van der Waals surface area contributed by atoms with Gasteiger partial charge in [-0.1, -0.05) is 12.1 Å². The maximum atomic E-state index is 11.4. The van der Waals surface area contributed by atoms with Crippen LogP contribution in [-0.4, -0.2) is 13.0 Å². The molecular weight excluding hydrogens is 174 g/mol. The third-order valence-electron chi connectivity index (χ3n) is 2.78. The zero-order valence-corrected chi connectivity index (χ0v) is 8.42. The Bertz CT molecular complexity index is 371. The van der Waals surface area contributed by atoms with Crippen LogP contribution in [0.1, 0.15) is 17.5 Å². The molecule has 0 atom stereocenters. The largest absolute Gasteiger partial charge is 0.315 e. The first-order valence-electron chi connectivity index (χ1n) is 4.90. The van der Waals surface area contributed by atoms with E-state index in [0.717, 1.165) is 18.5 Å². The molecule has 0 aromatic heterocycles. The van der Waals surface area contributed by atoms with Crippen molar-refractivity contribution in [3.63, 3.8) is 0 Å². The maximum Gasteiger partial charge on any atom is 0.227 e. The number of carbonyl (C=O) groups is 1. The van der Waals surface area contributed by atoms with Gasteiger partial charge >= 0.3 is 0 Å². The highest BCUT2D eigenvalue weighted by atomic mass is 16.2. The van der Waals surface area contributed by atoms with Crippen molar-refractivity contribution in [2.75, 3.05) is 11.9 Å². The van der Waals surface area contributed by atoms with Gasteiger partial charge in [0, 0.05) is 19.2 Å². The van der Waals surface area contributed by atoms with Gasteiger partial charge in [-0.3, -0.25) is 4.79 Å². The monoisotopic (exact) mass is 188 g/mol. The molecule has 0 unspecified atom stereocenters. The molecule has 0 spiro atoms. The Hall–Kier alpha value is -1.31. The second-order valence-corrected chi connectivity index (χ2v) is 3.67. The topological polar surface area (TPSA) is 20.3 Å². The molecule has 1 radical (unpaired) electrons. The van der Waals surface area contributed by atoms with Crippen molar-refractivity contribution in [3.8, 4) is 0 Å². The second-order valence-electron chi connectivity index (χ2n) is 3.67. The Kier molecular flexibility index (Phi) is 2.28. The predicted molar refractivity (Wildman–Crippen MR) is 57.2 cm³/mol. The van der Waals surface area contributed by atoms with Crippen LogP contribution in [0.25, 0.3) is 0 Å². The number of rotatable bonds is 1. The summed E-state index contributed by atoms with van der Waals surface area (Å²) in [6, 6.07) is 6.22. The smallest absolute Gasteiger partial charge is 0.227 e. The van der Waals surface area contributed by atoms with E-state index in [-0.39, 0.29) is 5.91 Å². The lowest BCUT2D eigenvalue weighted by molar-refractivity contribution is -0.118. The van der Waals surface area contributed by atoms with Crippen molar-refractivity contribution in [1.82, 2.24) is 0 Å². The molecule has 1 aromatic rings. The Morgan fingerprint density at radius 1 is 1.43 bits per heavy atom. The minimum atomic E-state index is 0.208. The van der Waals surface area contributed by atoms with E-state index in [4.69, 9.17) is 0 Å². The number of anilines is 1. The number of benzene rings is 1. The molecule has 1 aliphatic rings.